The fourth-order valence-electron chi connectivity index (χ4n) is 2.62. The lowest BCUT2D eigenvalue weighted by Crippen LogP contribution is -2.49. The molecule has 0 heterocycles. The van der Waals surface area contributed by atoms with Crippen LogP contribution in [0.3, 0.4) is 0 Å². The van der Waals surface area contributed by atoms with Gasteiger partial charge in [0, 0.05) is 6.54 Å². The van der Waals surface area contributed by atoms with E-state index in [4.69, 9.17) is 9.47 Å². The quantitative estimate of drug-likeness (QED) is 0.566. The number of amides is 2. The number of carbonyl (C=O) groups excluding carboxylic acids is 2. The predicted octanol–water partition coefficient (Wildman–Crippen LogP) is 3.04. The van der Waals surface area contributed by atoms with Crippen LogP contribution in [0.2, 0.25) is 0 Å². The average molecular weight is 432 g/mol. The molecule has 0 radical (unpaired) electrons. The highest BCUT2D eigenvalue weighted by Gasteiger charge is 2.23. The highest BCUT2D eigenvalue weighted by atomic mass is 19.1. The maximum atomic E-state index is 13.2. The Morgan fingerprint density at radius 2 is 1.68 bits per heavy atom. The van der Waals surface area contributed by atoms with E-state index in [1.807, 2.05) is 24.3 Å². The number of rotatable bonds is 9. The maximum Gasteiger partial charge on any atom is 0.408 e. The van der Waals surface area contributed by atoms with Gasteiger partial charge < -0.3 is 25.2 Å². The monoisotopic (exact) mass is 432 g/mol. The molecule has 2 amide bonds. The normalized spacial score (nSPS) is 12.2. The Morgan fingerprint density at radius 3 is 2.29 bits per heavy atom. The number of ether oxygens (including phenoxy) is 2. The van der Waals surface area contributed by atoms with Crippen LogP contribution >= 0.6 is 0 Å². The first-order chi connectivity index (χ1) is 14.7. The summed E-state index contributed by atoms with van der Waals surface area (Å²) in [6.45, 7) is 5.48. The predicted molar refractivity (Wildman–Crippen MR) is 113 cm³/mol. The Bertz CT molecular complexity index is 865. The number of hydrogen-bond donors (Lipinski definition) is 3. The van der Waals surface area contributed by atoms with Gasteiger partial charge in [-0.2, -0.15) is 0 Å². The highest BCUT2D eigenvalue weighted by Crippen LogP contribution is 2.10. The second kappa shape index (κ2) is 11.4. The summed E-state index contributed by atoms with van der Waals surface area (Å²) in [5.41, 5.74) is 1.84. The summed E-state index contributed by atoms with van der Waals surface area (Å²) in [6.07, 6.45) is -0.774. The first-order valence-corrected chi connectivity index (χ1v) is 9.94. The van der Waals surface area contributed by atoms with Crippen LogP contribution in [0, 0.1) is 5.82 Å². The summed E-state index contributed by atoms with van der Waals surface area (Å²) in [4.78, 5) is 24.0. The molecule has 0 unspecified atom stereocenters. The van der Waals surface area contributed by atoms with Gasteiger partial charge in [0.15, 0.2) is 0 Å². The van der Waals surface area contributed by atoms with Crippen molar-refractivity contribution in [2.45, 2.75) is 52.2 Å². The van der Waals surface area contributed by atoms with Crippen molar-refractivity contribution in [2.75, 3.05) is 6.61 Å². The lowest BCUT2D eigenvalue weighted by Gasteiger charge is -2.22. The molecular formula is C23H29FN2O5. The van der Waals surface area contributed by atoms with E-state index in [0.717, 1.165) is 16.7 Å². The van der Waals surface area contributed by atoms with E-state index >= 15 is 0 Å². The summed E-state index contributed by atoms with van der Waals surface area (Å²) in [6, 6.07) is 12.6. The first-order valence-electron chi connectivity index (χ1n) is 9.94. The molecule has 2 aromatic carbocycles. The molecular weight excluding hydrogens is 403 g/mol. The van der Waals surface area contributed by atoms with Crippen LogP contribution in [0.25, 0.3) is 0 Å². The Morgan fingerprint density at radius 1 is 1.03 bits per heavy atom. The zero-order chi connectivity index (χ0) is 22.9. The van der Waals surface area contributed by atoms with Crippen molar-refractivity contribution in [3.63, 3.8) is 0 Å². The van der Waals surface area contributed by atoms with E-state index in [9.17, 15) is 19.1 Å². The molecule has 2 rings (SSSR count). The van der Waals surface area contributed by atoms with Gasteiger partial charge in [-0.3, -0.25) is 4.79 Å². The molecule has 31 heavy (non-hydrogen) atoms. The molecule has 0 saturated carbocycles. The standard InChI is InChI=1S/C23H29FN2O5/c1-23(2,3)31-22(29)26-20(13-27)21(28)25-12-16-7-9-17(10-8-16)14-30-15-18-5-4-6-19(24)11-18/h4-11,20,27H,12-15H2,1-3H3,(H,25,28)(H,26,29)/t20-/m1/s1. The van der Waals surface area contributed by atoms with Crippen LogP contribution in [-0.4, -0.2) is 35.4 Å². The molecule has 0 aliphatic rings. The number of aliphatic hydroxyl groups excluding tert-OH is 1. The van der Waals surface area contributed by atoms with Crippen LogP contribution in [-0.2, 0) is 34.0 Å². The van der Waals surface area contributed by atoms with Crippen LogP contribution in [0.1, 0.15) is 37.5 Å². The zero-order valence-corrected chi connectivity index (χ0v) is 18.0. The van der Waals surface area contributed by atoms with E-state index in [1.165, 1.54) is 12.1 Å². The molecule has 1 atom stereocenters. The fraction of sp³-hybridized carbons (Fsp3) is 0.391. The van der Waals surface area contributed by atoms with Crippen molar-refractivity contribution >= 4 is 12.0 Å². The van der Waals surface area contributed by atoms with Gasteiger partial charge in [0.1, 0.15) is 17.5 Å². The number of hydrogen-bond acceptors (Lipinski definition) is 5. The number of nitrogens with one attached hydrogen (secondary N) is 2. The largest absolute Gasteiger partial charge is 0.444 e. The molecule has 7 nitrogen and oxygen atoms in total. The minimum Gasteiger partial charge on any atom is -0.444 e. The third kappa shape index (κ3) is 9.15. The number of carbonyl (C=O) groups is 2. The lowest BCUT2D eigenvalue weighted by atomic mass is 10.1. The third-order valence-electron chi connectivity index (χ3n) is 4.11. The molecule has 2 aromatic rings. The van der Waals surface area contributed by atoms with Gasteiger partial charge in [0.25, 0.3) is 0 Å². The van der Waals surface area contributed by atoms with Gasteiger partial charge in [0.2, 0.25) is 5.91 Å². The Hall–Kier alpha value is -2.97. The van der Waals surface area contributed by atoms with Crippen molar-refractivity contribution in [1.29, 1.82) is 0 Å². The Kier molecular flexibility index (Phi) is 8.96. The molecule has 168 valence electrons. The van der Waals surface area contributed by atoms with E-state index in [0.29, 0.717) is 13.2 Å². The molecule has 0 aromatic heterocycles. The average Bonchev–Trinajstić information content (AvgIpc) is 2.70. The molecule has 0 spiro atoms. The summed E-state index contributed by atoms with van der Waals surface area (Å²) in [7, 11) is 0. The summed E-state index contributed by atoms with van der Waals surface area (Å²) < 4.78 is 23.9. The van der Waals surface area contributed by atoms with Crippen LogP contribution < -0.4 is 10.6 Å². The number of alkyl carbamates (subject to hydrolysis) is 1. The summed E-state index contributed by atoms with van der Waals surface area (Å²) in [5, 5.41) is 14.4. The minimum atomic E-state index is -1.11. The highest BCUT2D eigenvalue weighted by molar-refractivity contribution is 5.85. The van der Waals surface area contributed by atoms with Gasteiger partial charge in [-0.25, -0.2) is 9.18 Å². The lowest BCUT2D eigenvalue weighted by molar-refractivity contribution is -0.124. The van der Waals surface area contributed by atoms with E-state index in [2.05, 4.69) is 10.6 Å². The van der Waals surface area contributed by atoms with Crippen molar-refractivity contribution in [3.05, 3.63) is 71.0 Å². The van der Waals surface area contributed by atoms with Crippen LogP contribution in [0.4, 0.5) is 9.18 Å². The van der Waals surface area contributed by atoms with Crippen molar-refractivity contribution in [1.82, 2.24) is 10.6 Å². The first kappa shape index (κ1) is 24.3. The molecule has 3 N–H and O–H groups in total. The summed E-state index contributed by atoms with van der Waals surface area (Å²) in [5.74, 6) is -0.812. The van der Waals surface area contributed by atoms with Gasteiger partial charge in [-0.15, -0.1) is 0 Å². The molecule has 8 heteroatoms. The molecule has 0 saturated heterocycles. The fourth-order valence-corrected chi connectivity index (χ4v) is 2.62. The molecule has 0 aliphatic heterocycles. The molecule has 0 fully saturated rings. The number of aliphatic hydroxyl groups is 1. The SMILES string of the molecule is CC(C)(C)OC(=O)N[C@H](CO)C(=O)NCc1ccc(COCc2cccc(F)c2)cc1. The van der Waals surface area contributed by atoms with Crippen LogP contribution in [0.15, 0.2) is 48.5 Å². The van der Waals surface area contributed by atoms with Crippen LogP contribution in [0.5, 0.6) is 0 Å². The van der Waals surface area contributed by atoms with Crippen molar-refractivity contribution in [2.24, 2.45) is 0 Å². The molecule has 0 bridgehead atoms. The Labute approximate surface area is 181 Å². The number of halogens is 1. The van der Waals surface area contributed by atoms with E-state index < -0.39 is 30.3 Å². The summed E-state index contributed by atoms with van der Waals surface area (Å²) >= 11 is 0. The third-order valence-corrected chi connectivity index (χ3v) is 4.11. The van der Waals surface area contributed by atoms with Crippen molar-refractivity contribution in [3.8, 4) is 0 Å². The van der Waals surface area contributed by atoms with Gasteiger partial charge in [-0.05, 0) is 49.6 Å². The van der Waals surface area contributed by atoms with Gasteiger partial charge in [0.05, 0.1) is 19.8 Å². The van der Waals surface area contributed by atoms with Gasteiger partial charge in [-0.1, -0.05) is 36.4 Å². The van der Waals surface area contributed by atoms with E-state index in [1.54, 1.807) is 32.9 Å². The second-order valence-electron chi connectivity index (χ2n) is 8.04. The minimum absolute atomic E-state index is 0.232. The second-order valence-corrected chi connectivity index (χ2v) is 8.04. The van der Waals surface area contributed by atoms with E-state index in [-0.39, 0.29) is 12.4 Å². The van der Waals surface area contributed by atoms with Crippen molar-refractivity contribution < 1.29 is 28.6 Å². The topological polar surface area (TPSA) is 96.9 Å². The molecule has 0 aliphatic carbocycles. The Balaban J connectivity index is 1.77. The smallest absolute Gasteiger partial charge is 0.408 e. The number of benzene rings is 2. The zero-order valence-electron chi connectivity index (χ0n) is 18.0. The maximum absolute atomic E-state index is 13.2. The van der Waals surface area contributed by atoms with Gasteiger partial charge >= 0.3 is 6.09 Å².